The maximum atomic E-state index is 11.5. The van der Waals surface area contributed by atoms with E-state index in [0.29, 0.717) is 6.42 Å². The molecule has 0 saturated carbocycles. The molecule has 0 amide bonds. The topological polar surface area (TPSA) is 57.0 Å². The van der Waals surface area contributed by atoms with Crippen LogP contribution in [0.15, 0.2) is 0 Å². The Morgan fingerprint density at radius 2 is 2.12 bits per heavy atom. The van der Waals surface area contributed by atoms with E-state index in [9.17, 15) is 4.79 Å². The van der Waals surface area contributed by atoms with Crippen molar-refractivity contribution in [1.29, 1.82) is 0 Å². The van der Waals surface area contributed by atoms with E-state index >= 15 is 0 Å². The van der Waals surface area contributed by atoms with Crippen molar-refractivity contribution in [2.45, 2.75) is 45.6 Å². The molecular formula is C12H19N3O2. The van der Waals surface area contributed by atoms with Crippen molar-refractivity contribution in [2.75, 3.05) is 7.11 Å². The van der Waals surface area contributed by atoms with Gasteiger partial charge in [-0.05, 0) is 6.42 Å². The van der Waals surface area contributed by atoms with Crippen LogP contribution in [0.3, 0.4) is 0 Å². The Hall–Kier alpha value is -1.39. The Kier molecular flexibility index (Phi) is 2.93. The lowest BCUT2D eigenvalue weighted by Crippen LogP contribution is -2.29. The average molecular weight is 237 g/mol. The van der Waals surface area contributed by atoms with E-state index in [1.54, 1.807) is 0 Å². The van der Waals surface area contributed by atoms with Crippen LogP contribution >= 0.6 is 0 Å². The van der Waals surface area contributed by atoms with Gasteiger partial charge in [0, 0.05) is 18.4 Å². The van der Waals surface area contributed by atoms with Crippen molar-refractivity contribution in [3.8, 4) is 0 Å². The fraction of sp³-hybridized carbons (Fsp3) is 0.750. The molecule has 0 spiro atoms. The first-order chi connectivity index (χ1) is 7.93. The van der Waals surface area contributed by atoms with Gasteiger partial charge in [0.15, 0.2) is 0 Å². The number of hydrogen-bond donors (Lipinski definition) is 0. The summed E-state index contributed by atoms with van der Waals surface area (Å²) in [6.07, 6.45) is 1.44. The second-order valence-electron chi connectivity index (χ2n) is 5.55. The SMILES string of the molecule is COC(=O)C1CCn2c(nnc2C(C)(C)C)C1. The molecule has 1 aliphatic rings. The molecule has 0 saturated heterocycles. The van der Waals surface area contributed by atoms with Gasteiger partial charge in [-0.25, -0.2) is 0 Å². The molecule has 5 heteroatoms. The first-order valence-electron chi connectivity index (χ1n) is 5.94. The van der Waals surface area contributed by atoms with Gasteiger partial charge in [-0.1, -0.05) is 20.8 Å². The molecule has 5 nitrogen and oxygen atoms in total. The Bertz CT molecular complexity index is 431. The second kappa shape index (κ2) is 4.13. The zero-order chi connectivity index (χ0) is 12.6. The molecule has 0 aliphatic carbocycles. The first kappa shape index (κ1) is 12.1. The zero-order valence-corrected chi connectivity index (χ0v) is 10.9. The summed E-state index contributed by atoms with van der Waals surface area (Å²) in [5.41, 5.74) is -0.0106. The fourth-order valence-electron chi connectivity index (χ4n) is 2.25. The van der Waals surface area contributed by atoms with Crippen LogP contribution in [0.1, 0.15) is 38.8 Å². The van der Waals surface area contributed by atoms with Crippen LogP contribution in [-0.2, 0) is 27.9 Å². The van der Waals surface area contributed by atoms with Crippen LogP contribution in [0.5, 0.6) is 0 Å². The summed E-state index contributed by atoms with van der Waals surface area (Å²) in [6, 6.07) is 0. The third-order valence-electron chi connectivity index (χ3n) is 3.16. The van der Waals surface area contributed by atoms with E-state index in [2.05, 4.69) is 35.5 Å². The van der Waals surface area contributed by atoms with E-state index in [1.165, 1.54) is 7.11 Å². The van der Waals surface area contributed by atoms with E-state index in [4.69, 9.17) is 4.74 Å². The smallest absolute Gasteiger partial charge is 0.309 e. The number of ether oxygens (including phenoxy) is 1. The molecule has 1 atom stereocenters. The molecule has 1 aromatic heterocycles. The van der Waals surface area contributed by atoms with Crippen LogP contribution in [0.4, 0.5) is 0 Å². The minimum Gasteiger partial charge on any atom is -0.469 e. The lowest BCUT2D eigenvalue weighted by atomic mass is 9.93. The van der Waals surface area contributed by atoms with Crippen LogP contribution in [0.2, 0.25) is 0 Å². The highest BCUT2D eigenvalue weighted by Crippen LogP contribution is 2.27. The number of fused-ring (bicyclic) bond motifs is 1. The summed E-state index contributed by atoms with van der Waals surface area (Å²) in [5.74, 6) is 1.69. The maximum Gasteiger partial charge on any atom is 0.309 e. The van der Waals surface area contributed by atoms with Gasteiger partial charge in [0.05, 0.1) is 13.0 Å². The van der Waals surface area contributed by atoms with Crippen molar-refractivity contribution < 1.29 is 9.53 Å². The van der Waals surface area contributed by atoms with Crippen molar-refractivity contribution in [2.24, 2.45) is 5.92 Å². The Labute approximate surface area is 101 Å². The molecule has 0 bridgehead atoms. The van der Waals surface area contributed by atoms with E-state index in [-0.39, 0.29) is 17.3 Å². The minimum atomic E-state index is -0.142. The van der Waals surface area contributed by atoms with Gasteiger partial charge in [0.1, 0.15) is 11.6 Å². The highest BCUT2D eigenvalue weighted by Gasteiger charge is 2.31. The Morgan fingerprint density at radius 3 is 2.71 bits per heavy atom. The molecule has 0 N–H and O–H groups in total. The largest absolute Gasteiger partial charge is 0.469 e. The molecule has 0 aromatic carbocycles. The highest BCUT2D eigenvalue weighted by atomic mass is 16.5. The van der Waals surface area contributed by atoms with Crippen molar-refractivity contribution in [3.63, 3.8) is 0 Å². The molecule has 17 heavy (non-hydrogen) atoms. The number of nitrogens with zero attached hydrogens (tertiary/aromatic N) is 3. The Balaban J connectivity index is 2.25. The Morgan fingerprint density at radius 1 is 1.41 bits per heavy atom. The summed E-state index contributed by atoms with van der Waals surface area (Å²) >= 11 is 0. The van der Waals surface area contributed by atoms with Crippen LogP contribution in [0.25, 0.3) is 0 Å². The first-order valence-corrected chi connectivity index (χ1v) is 5.94. The minimum absolute atomic E-state index is 0.0106. The number of rotatable bonds is 1. The zero-order valence-electron chi connectivity index (χ0n) is 10.9. The van der Waals surface area contributed by atoms with E-state index in [0.717, 1.165) is 24.6 Å². The number of methoxy groups -OCH3 is 1. The molecule has 1 aromatic rings. The third-order valence-corrected chi connectivity index (χ3v) is 3.16. The van der Waals surface area contributed by atoms with Crippen LogP contribution < -0.4 is 0 Å². The van der Waals surface area contributed by atoms with Crippen LogP contribution in [-0.4, -0.2) is 27.8 Å². The molecule has 1 aliphatic heterocycles. The maximum absolute atomic E-state index is 11.5. The number of esters is 1. The fourth-order valence-corrected chi connectivity index (χ4v) is 2.25. The summed E-state index contributed by atoms with van der Waals surface area (Å²) in [6.45, 7) is 7.17. The lowest BCUT2D eigenvalue weighted by Gasteiger charge is -2.25. The average Bonchev–Trinajstić information content (AvgIpc) is 2.70. The number of hydrogen-bond acceptors (Lipinski definition) is 4. The van der Waals surface area contributed by atoms with Gasteiger partial charge in [0.25, 0.3) is 0 Å². The predicted octanol–water partition coefficient (Wildman–Crippen LogP) is 1.31. The summed E-state index contributed by atoms with van der Waals surface area (Å²) in [5, 5.41) is 8.44. The summed E-state index contributed by atoms with van der Waals surface area (Å²) < 4.78 is 6.92. The highest BCUT2D eigenvalue weighted by molar-refractivity contribution is 5.72. The molecular weight excluding hydrogens is 218 g/mol. The van der Waals surface area contributed by atoms with Gasteiger partial charge in [-0.2, -0.15) is 0 Å². The van der Waals surface area contributed by atoms with Crippen LogP contribution in [0, 0.1) is 5.92 Å². The third kappa shape index (κ3) is 2.18. The normalized spacial score (nSPS) is 19.9. The number of carbonyl (C=O) groups excluding carboxylic acids is 1. The van der Waals surface area contributed by atoms with Crippen molar-refractivity contribution in [3.05, 3.63) is 11.6 Å². The second-order valence-corrected chi connectivity index (χ2v) is 5.55. The van der Waals surface area contributed by atoms with Gasteiger partial charge in [-0.15, -0.1) is 10.2 Å². The summed E-state index contributed by atoms with van der Waals surface area (Å²) in [7, 11) is 1.43. The monoisotopic (exact) mass is 237 g/mol. The standard InChI is InChI=1S/C12H19N3O2/c1-12(2,3)11-14-13-9-7-8(10(16)17-4)5-6-15(9)11/h8H,5-7H2,1-4H3. The summed E-state index contributed by atoms with van der Waals surface area (Å²) in [4.78, 5) is 11.5. The van der Waals surface area contributed by atoms with Gasteiger partial charge < -0.3 is 9.30 Å². The number of aromatic nitrogens is 3. The predicted molar refractivity (Wildman–Crippen MR) is 62.5 cm³/mol. The van der Waals surface area contributed by atoms with Crippen molar-refractivity contribution in [1.82, 2.24) is 14.8 Å². The molecule has 2 rings (SSSR count). The van der Waals surface area contributed by atoms with Gasteiger partial charge >= 0.3 is 5.97 Å². The molecule has 2 heterocycles. The molecule has 0 fully saturated rings. The quantitative estimate of drug-likeness (QED) is 0.691. The van der Waals surface area contributed by atoms with Gasteiger partial charge in [-0.3, -0.25) is 4.79 Å². The molecule has 1 unspecified atom stereocenters. The lowest BCUT2D eigenvalue weighted by molar-refractivity contribution is -0.146. The van der Waals surface area contributed by atoms with Crippen molar-refractivity contribution >= 4 is 5.97 Å². The molecule has 0 radical (unpaired) electrons. The molecule has 94 valence electrons. The van der Waals surface area contributed by atoms with E-state index < -0.39 is 0 Å². The van der Waals surface area contributed by atoms with Gasteiger partial charge in [0.2, 0.25) is 0 Å². The van der Waals surface area contributed by atoms with E-state index in [1.807, 2.05) is 0 Å². The number of carbonyl (C=O) groups is 1.